The van der Waals surface area contributed by atoms with Crippen LogP contribution in [0.5, 0.6) is 0 Å². The summed E-state index contributed by atoms with van der Waals surface area (Å²) >= 11 is 0. The highest BCUT2D eigenvalue weighted by molar-refractivity contribution is 5.78. The van der Waals surface area contributed by atoms with E-state index in [2.05, 4.69) is 36.3 Å². The van der Waals surface area contributed by atoms with Gasteiger partial charge in [-0.2, -0.15) is 0 Å². The summed E-state index contributed by atoms with van der Waals surface area (Å²) in [6.07, 6.45) is 7.36. The van der Waals surface area contributed by atoms with E-state index < -0.39 is 0 Å². The zero-order valence-electron chi connectivity index (χ0n) is 13.6. The topological polar surface area (TPSA) is 44.4 Å². The molecule has 118 valence electrons. The first kappa shape index (κ1) is 17.4. The van der Waals surface area contributed by atoms with Gasteiger partial charge in [0.2, 0.25) is 5.91 Å². The van der Waals surface area contributed by atoms with Crippen molar-refractivity contribution in [3.8, 4) is 0 Å². The van der Waals surface area contributed by atoms with E-state index in [0.717, 1.165) is 38.4 Å². The Kier molecular flexibility index (Phi) is 8.86. The van der Waals surface area contributed by atoms with Crippen LogP contribution in [0, 0.1) is 0 Å². The Morgan fingerprint density at radius 2 is 2.20 bits per heavy atom. The maximum atomic E-state index is 11.7. The number of rotatable bonds is 9. The van der Waals surface area contributed by atoms with Gasteiger partial charge in [-0.1, -0.05) is 19.8 Å². The summed E-state index contributed by atoms with van der Waals surface area (Å²) in [6, 6.07) is 1.03. The zero-order chi connectivity index (χ0) is 14.8. The fourth-order valence-corrected chi connectivity index (χ4v) is 2.93. The number of amides is 1. The van der Waals surface area contributed by atoms with E-state index in [4.69, 9.17) is 0 Å². The predicted octanol–water partition coefficient (Wildman–Crippen LogP) is 2.15. The Bertz CT molecular complexity index is 270. The maximum Gasteiger partial charge on any atom is 0.234 e. The van der Waals surface area contributed by atoms with Crippen LogP contribution in [0.3, 0.4) is 0 Å². The quantitative estimate of drug-likeness (QED) is 0.637. The maximum absolute atomic E-state index is 11.7. The number of piperidine rings is 1. The first-order valence-electron chi connectivity index (χ1n) is 8.37. The van der Waals surface area contributed by atoms with Crippen LogP contribution in [0.4, 0.5) is 0 Å². The summed E-state index contributed by atoms with van der Waals surface area (Å²) in [5, 5.41) is 6.26. The Labute approximate surface area is 124 Å². The lowest BCUT2D eigenvalue weighted by Crippen LogP contribution is -2.41. The van der Waals surface area contributed by atoms with Gasteiger partial charge >= 0.3 is 0 Å². The normalized spacial score (nSPS) is 21.6. The molecule has 0 spiro atoms. The second-order valence-corrected chi connectivity index (χ2v) is 6.17. The van der Waals surface area contributed by atoms with Crippen LogP contribution in [-0.2, 0) is 4.79 Å². The van der Waals surface area contributed by atoms with Crippen LogP contribution in [-0.4, -0.2) is 49.1 Å². The van der Waals surface area contributed by atoms with Crippen molar-refractivity contribution < 1.29 is 4.79 Å². The molecule has 0 aliphatic carbocycles. The molecule has 1 aliphatic heterocycles. The first-order chi connectivity index (χ1) is 9.63. The van der Waals surface area contributed by atoms with E-state index in [9.17, 15) is 4.79 Å². The summed E-state index contributed by atoms with van der Waals surface area (Å²) < 4.78 is 0. The summed E-state index contributed by atoms with van der Waals surface area (Å²) in [7, 11) is 0. The van der Waals surface area contributed by atoms with Crippen LogP contribution in [0.15, 0.2) is 0 Å². The lowest BCUT2D eigenvalue weighted by atomic mass is 10.0. The highest BCUT2D eigenvalue weighted by atomic mass is 16.1. The van der Waals surface area contributed by atoms with E-state index in [1.54, 1.807) is 0 Å². The van der Waals surface area contributed by atoms with E-state index >= 15 is 0 Å². The van der Waals surface area contributed by atoms with Crippen molar-refractivity contribution in [1.82, 2.24) is 15.5 Å². The van der Waals surface area contributed by atoms with Crippen molar-refractivity contribution in [3.05, 3.63) is 0 Å². The Balaban J connectivity index is 1.99. The third-order valence-corrected chi connectivity index (χ3v) is 4.15. The molecule has 0 aromatic heterocycles. The first-order valence-corrected chi connectivity index (χ1v) is 8.37. The number of nitrogens with one attached hydrogen (secondary N) is 2. The molecule has 1 amide bonds. The van der Waals surface area contributed by atoms with Crippen molar-refractivity contribution in [2.75, 3.05) is 26.2 Å². The van der Waals surface area contributed by atoms with Crippen LogP contribution in [0.2, 0.25) is 0 Å². The van der Waals surface area contributed by atoms with E-state index in [1.165, 1.54) is 25.8 Å². The molecular weight excluding hydrogens is 250 g/mol. The highest BCUT2D eigenvalue weighted by Gasteiger charge is 2.17. The molecule has 0 radical (unpaired) electrons. The van der Waals surface area contributed by atoms with Gasteiger partial charge in [0.1, 0.15) is 0 Å². The van der Waals surface area contributed by atoms with Crippen LogP contribution >= 0.6 is 0 Å². The van der Waals surface area contributed by atoms with Crippen LogP contribution < -0.4 is 10.6 Å². The summed E-state index contributed by atoms with van der Waals surface area (Å²) in [6.45, 7) is 10.3. The molecule has 2 unspecified atom stereocenters. The van der Waals surface area contributed by atoms with Crippen molar-refractivity contribution in [3.63, 3.8) is 0 Å². The minimum atomic E-state index is 0.122. The molecule has 4 nitrogen and oxygen atoms in total. The van der Waals surface area contributed by atoms with E-state index in [-0.39, 0.29) is 5.91 Å². The van der Waals surface area contributed by atoms with Gasteiger partial charge in [-0.3, -0.25) is 4.79 Å². The lowest BCUT2D eigenvalue weighted by Gasteiger charge is -2.33. The molecule has 1 fully saturated rings. The average molecular weight is 283 g/mol. The second kappa shape index (κ2) is 10.2. The van der Waals surface area contributed by atoms with Crippen molar-refractivity contribution >= 4 is 5.91 Å². The molecule has 0 saturated carbocycles. The second-order valence-electron chi connectivity index (χ2n) is 6.17. The predicted molar refractivity (Wildman–Crippen MR) is 84.9 cm³/mol. The summed E-state index contributed by atoms with van der Waals surface area (Å²) in [4.78, 5) is 14.2. The van der Waals surface area contributed by atoms with Crippen molar-refractivity contribution in [1.29, 1.82) is 0 Å². The van der Waals surface area contributed by atoms with E-state index in [0.29, 0.717) is 12.6 Å². The standard InChI is InChI=1S/C16H33N3O/c1-4-8-14(2)18-16(20)13-17-10-7-12-19-11-6-5-9-15(19)3/h14-15,17H,4-13H2,1-3H3,(H,18,20). The van der Waals surface area contributed by atoms with Gasteiger partial charge in [-0.05, 0) is 59.2 Å². The smallest absolute Gasteiger partial charge is 0.234 e. The number of nitrogens with zero attached hydrogens (tertiary/aromatic N) is 1. The average Bonchev–Trinajstić information content (AvgIpc) is 2.40. The summed E-state index contributed by atoms with van der Waals surface area (Å²) in [5.41, 5.74) is 0. The molecule has 4 heteroatoms. The molecule has 1 heterocycles. The van der Waals surface area contributed by atoms with Gasteiger partial charge in [-0.25, -0.2) is 0 Å². The van der Waals surface area contributed by atoms with Crippen LogP contribution in [0.25, 0.3) is 0 Å². The van der Waals surface area contributed by atoms with Gasteiger partial charge in [0.05, 0.1) is 6.54 Å². The molecule has 2 atom stereocenters. The molecule has 2 N–H and O–H groups in total. The van der Waals surface area contributed by atoms with Crippen molar-refractivity contribution in [2.45, 2.75) is 71.4 Å². The van der Waals surface area contributed by atoms with Gasteiger partial charge < -0.3 is 15.5 Å². The number of carbonyl (C=O) groups is 1. The van der Waals surface area contributed by atoms with Gasteiger partial charge in [0.15, 0.2) is 0 Å². The lowest BCUT2D eigenvalue weighted by molar-refractivity contribution is -0.120. The molecule has 0 aromatic carbocycles. The Morgan fingerprint density at radius 3 is 2.90 bits per heavy atom. The highest BCUT2D eigenvalue weighted by Crippen LogP contribution is 2.15. The zero-order valence-corrected chi connectivity index (χ0v) is 13.6. The SMILES string of the molecule is CCCC(C)NC(=O)CNCCCN1CCCCC1C. The van der Waals surface area contributed by atoms with Crippen LogP contribution in [0.1, 0.15) is 59.3 Å². The number of carbonyl (C=O) groups excluding carboxylic acids is 1. The monoisotopic (exact) mass is 283 g/mol. The third kappa shape index (κ3) is 7.25. The molecular formula is C16H33N3O. The fourth-order valence-electron chi connectivity index (χ4n) is 2.93. The largest absolute Gasteiger partial charge is 0.353 e. The third-order valence-electron chi connectivity index (χ3n) is 4.15. The minimum absolute atomic E-state index is 0.122. The van der Waals surface area contributed by atoms with Gasteiger partial charge in [0, 0.05) is 12.1 Å². The molecule has 1 rings (SSSR count). The number of hydrogen-bond donors (Lipinski definition) is 2. The Hall–Kier alpha value is -0.610. The minimum Gasteiger partial charge on any atom is -0.353 e. The molecule has 0 bridgehead atoms. The molecule has 1 saturated heterocycles. The molecule has 1 aliphatic rings. The number of likely N-dealkylation sites (tertiary alicyclic amines) is 1. The van der Waals surface area contributed by atoms with E-state index in [1.807, 2.05) is 0 Å². The fraction of sp³-hybridized carbons (Fsp3) is 0.938. The molecule has 0 aromatic rings. The van der Waals surface area contributed by atoms with Gasteiger partial charge in [0.25, 0.3) is 0 Å². The Morgan fingerprint density at radius 1 is 1.40 bits per heavy atom. The summed E-state index contributed by atoms with van der Waals surface area (Å²) in [5.74, 6) is 0.122. The number of hydrogen-bond acceptors (Lipinski definition) is 3. The molecule has 20 heavy (non-hydrogen) atoms. The van der Waals surface area contributed by atoms with Crippen molar-refractivity contribution in [2.24, 2.45) is 0 Å². The van der Waals surface area contributed by atoms with Gasteiger partial charge in [-0.15, -0.1) is 0 Å².